The van der Waals surface area contributed by atoms with Crippen molar-refractivity contribution in [2.45, 2.75) is 17.9 Å². The van der Waals surface area contributed by atoms with Crippen LogP contribution in [0.3, 0.4) is 0 Å². The minimum absolute atomic E-state index is 0.0903. The molecule has 4 rings (SSSR count). The number of amides is 1. The Balaban J connectivity index is 1.63. The molecule has 0 N–H and O–H groups in total. The molecule has 7 heteroatoms. The summed E-state index contributed by atoms with van der Waals surface area (Å²) in [6, 6.07) is 22.7. The van der Waals surface area contributed by atoms with Crippen molar-refractivity contribution in [2.24, 2.45) is 0 Å². The van der Waals surface area contributed by atoms with Gasteiger partial charge in [-0.25, -0.2) is 8.42 Å². The molecule has 0 atom stereocenters. The predicted molar refractivity (Wildman–Crippen MR) is 118 cm³/mol. The van der Waals surface area contributed by atoms with E-state index in [-0.39, 0.29) is 17.3 Å². The number of rotatable bonds is 5. The van der Waals surface area contributed by atoms with Crippen LogP contribution in [0.5, 0.6) is 0 Å². The summed E-state index contributed by atoms with van der Waals surface area (Å²) < 4.78 is 27.9. The number of nitrogens with zero attached hydrogens (tertiary/aromatic N) is 2. The molecule has 154 valence electrons. The van der Waals surface area contributed by atoms with E-state index in [9.17, 15) is 13.2 Å². The first-order valence-corrected chi connectivity index (χ1v) is 11.4. The zero-order valence-corrected chi connectivity index (χ0v) is 17.8. The maximum Gasteiger partial charge on any atom is 0.264 e. The second-order valence-corrected chi connectivity index (χ2v) is 9.43. The average Bonchev–Trinajstić information content (AvgIpc) is 2.77. The number of hydrogen-bond acceptors (Lipinski definition) is 3. The van der Waals surface area contributed by atoms with E-state index in [1.54, 1.807) is 35.2 Å². The van der Waals surface area contributed by atoms with Crippen molar-refractivity contribution in [3.05, 3.63) is 95.0 Å². The van der Waals surface area contributed by atoms with E-state index in [1.807, 2.05) is 18.2 Å². The van der Waals surface area contributed by atoms with Gasteiger partial charge in [-0.3, -0.25) is 9.10 Å². The molecule has 3 aromatic carbocycles. The smallest absolute Gasteiger partial charge is 0.264 e. The Morgan fingerprint density at radius 1 is 0.900 bits per heavy atom. The highest BCUT2D eigenvalue weighted by Gasteiger charge is 2.30. The van der Waals surface area contributed by atoms with Gasteiger partial charge in [-0.1, -0.05) is 54.1 Å². The lowest BCUT2D eigenvalue weighted by Crippen LogP contribution is -2.44. The summed E-state index contributed by atoms with van der Waals surface area (Å²) in [6.07, 6.45) is 0.761. The summed E-state index contributed by atoms with van der Waals surface area (Å²) in [5.41, 5.74) is 2.78. The van der Waals surface area contributed by atoms with Crippen LogP contribution in [-0.4, -0.2) is 32.3 Å². The Labute approximate surface area is 181 Å². The molecule has 0 aliphatic carbocycles. The van der Waals surface area contributed by atoms with Crippen molar-refractivity contribution >= 4 is 33.2 Å². The molecule has 0 unspecified atom stereocenters. The van der Waals surface area contributed by atoms with E-state index < -0.39 is 10.0 Å². The van der Waals surface area contributed by atoms with Crippen LogP contribution in [0.1, 0.15) is 11.1 Å². The van der Waals surface area contributed by atoms with Crippen LogP contribution < -0.4 is 4.31 Å². The Kier molecular flexibility index (Phi) is 5.79. The van der Waals surface area contributed by atoms with Gasteiger partial charge < -0.3 is 4.90 Å². The van der Waals surface area contributed by atoms with E-state index in [1.165, 1.54) is 34.1 Å². The number of carbonyl (C=O) groups excluding carboxylic acids is 1. The van der Waals surface area contributed by atoms with Crippen LogP contribution in [0.4, 0.5) is 5.69 Å². The summed E-state index contributed by atoms with van der Waals surface area (Å²) in [5, 5.41) is 0.447. The highest BCUT2D eigenvalue weighted by molar-refractivity contribution is 7.92. The fourth-order valence-corrected chi connectivity index (χ4v) is 5.11. The van der Waals surface area contributed by atoms with Crippen LogP contribution in [0.2, 0.25) is 5.02 Å². The van der Waals surface area contributed by atoms with E-state index in [2.05, 4.69) is 6.07 Å². The van der Waals surface area contributed by atoms with Gasteiger partial charge in [0.25, 0.3) is 10.0 Å². The molecule has 1 aliphatic rings. The van der Waals surface area contributed by atoms with E-state index in [0.29, 0.717) is 23.8 Å². The quantitative estimate of drug-likeness (QED) is 0.599. The molecule has 1 aliphatic heterocycles. The SMILES string of the molecule is O=C(CN(c1ccccc1)S(=O)(=O)c1ccc(Cl)cc1)N1CCc2ccccc2C1. The van der Waals surface area contributed by atoms with Crippen molar-refractivity contribution in [1.29, 1.82) is 0 Å². The summed E-state index contributed by atoms with van der Waals surface area (Å²) in [7, 11) is -3.94. The molecule has 3 aromatic rings. The highest BCUT2D eigenvalue weighted by Crippen LogP contribution is 2.26. The first kappa shape index (κ1) is 20.4. The molecule has 1 heterocycles. The number of sulfonamides is 1. The lowest BCUT2D eigenvalue weighted by atomic mass is 10.00. The lowest BCUT2D eigenvalue weighted by molar-refractivity contribution is -0.130. The molecule has 1 amide bonds. The largest absolute Gasteiger partial charge is 0.336 e. The molecule has 30 heavy (non-hydrogen) atoms. The predicted octanol–water partition coefficient (Wildman–Crippen LogP) is 4.12. The second kappa shape index (κ2) is 8.50. The number of halogens is 1. The van der Waals surface area contributed by atoms with Gasteiger partial charge in [0.05, 0.1) is 10.6 Å². The Hall–Kier alpha value is -2.83. The third kappa shape index (κ3) is 4.20. The zero-order valence-electron chi connectivity index (χ0n) is 16.2. The van der Waals surface area contributed by atoms with Crippen LogP contribution in [-0.2, 0) is 27.8 Å². The average molecular weight is 441 g/mol. The number of benzene rings is 3. The van der Waals surface area contributed by atoms with Crippen molar-refractivity contribution in [2.75, 3.05) is 17.4 Å². The topological polar surface area (TPSA) is 57.7 Å². The summed E-state index contributed by atoms with van der Waals surface area (Å²) in [5.74, 6) is -0.231. The first-order valence-electron chi connectivity index (χ1n) is 9.63. The van der Waals surface area contributed by atoms with Gasteiger partial charge in [-0.05, 0) is 53.9 Å². The van der Waals surface area contributed by atoms with Gasteiger partial charge in [0.15, 0.2) is 0 Å². The van der Waals surface area contributed by atoms with Crippen LogP contribution >= 0.6 is 11.6 Å². The molecule has 0 radical (unpaired) electrons. The Morgan fingerprint density at radius 2 is 1.53 bits per heavy atom. The molecule has 5 nitrogen and oxygen atoms in total. The molecular weight excluding hydrogens is 420 g/mol. The monoisotopic (exact) mass is 440 g/mol. The zero-order chi connectivity index (χ0) is 21.1. The summed E-state index contributed by atoms with van der Waals surface area (Å²) >= 11 is 5.92. The van der Waals surface area contributed by atoms with Gasteiger partial charge in [0, 0.05) is 18.1 Å². The summed E-state index contributed by atoms with van der Waals surface area (Å²) in [6.45, 7) is 0.787. The van der Waals surface area contributed by atoms with Gasteiger partial charge in [0.2, 0.25) is 5.91 Å². The standard InChI is InChI=1S/C23H21ClN2O3S/c24-20-10-12-22(13-11-20)30(28,29)26(21-8-2-1-3-9-21)17-23(27)25-15-14-18-6-4-5-7-19(18)16-25/h1-13H,14-17H2. The number of fused-ring (bicyclic) bond motifs is 1. The number of para-hydroxylation sites is 1. The van der Waals surface area contributed by atoms with Crippen molar-refractivity contribution in [3.63, 3.8) is 0 Å². The minimum Gasteiger partial charge on any atom is -0.336 e. The highest BCUT2D eigenvalue weighted by atomic mass is 35.5. The van der Waals surface area contributed by atoms with Gasteiger partial charge in [0.1, 0.15) is 6.54 Å². The maximum absolute atomic E-state index is 13.4. The van der Waals surface area contributed by atoms with Gasteiger partial charge >= 0.3 is 0 Å². The molecule has 0 spiro atoms. The fraction of sp³-hybridized carbons (Fsp3) is 0.174. The third-order valence-corrected chi connectivity index (χ3v) is 7.25. The molecule has 0 saturated heterocycles. The normalized spacial score (nSPS) is 13.6. The number of anilines is 1. The lowest BCUT2D eigenvalue weighted by Gasteiger charge is -2.31. The Bertz CT molecular complexity index is 1150. The minimum atomic E-state index is -3.94. The molecule has 0 fully saturated rings. The maximum atomic E-state index is 13.4. The van der Waals surface area contributed by atoms with Gasteiger partial charge in [-0.15, -0.1) is 0 Å². The molecular formula is C23H21ClN2O3S. The van der Waals surface area contributed by atoms with E-state index >= 15 is 0 Å². The molecule has 0 aromatic heterocycles. The van der Waals surface area contributed by atoms with Crippen molar-refractivity contribution in [1.82, 2.24) is 4.90 Å². The Morgan fingerprint density at radius 3 is 2.23 bits per heavy atom. The van der Waals surface area contributed by atoms with Crippen molar-refractivity contribution < 1.29 is 13.2 Å². The van der Waals surface area contributed by atoms with Gasteiger partial charge in [-0.2, -0.15) is 0 Å². The second-order valence-electron chi connectivity index (χ2n) is 7.14. The van der Waals surface area contributed by atoms with Crippen LogP contribution in [0.25, 0.3) is 0 Å². The van der Waals surface area contributed by atoms with Crippen LogP contribution in [0.15, 0.2) is 83.8 Å². The molecule has 0 bridgehead atoms. The van der Waals surface area contributed by atoms with E-state index in [4.69, 9.17) is 11.6 Å². The summed E-state index contributed by atoms with van der Waals surface area (Å²) in [4.78, 5) is 14.9. The van der Waals surface area contributed by atoms with Crippen molar-refractivity contribution in [3.8, 4) is 0 Å². The molecule has 0 saturated carbocycles. The van der Waals surface area contributed by atoms with Crippen LogP contribution in [0, 0.1) is 0 Å². The third-order valence-electron chi connectivity index (χ3n) is 5.21. The number of hydrogen-bond donors (Lipinski definition) is 0. The van der Waals surface area contributed by atoms with E-state index in [0.717, 1.165) is 12.0 Å². The first-order chi connectivity index (χ1) is 14.4. The number of carbonyl (C=O) groups is 1. The fourth-order valence-electron chi connectivity index (χ4n) is 3.57.